The first-order valence-electron chi connectivity index (χ1n) is 9.55. The average Bonchev–Trinajstić information content (AvgIpc) is 3.11. The molecule has 0 saturated heterocycles. The normalized spacial score (nSPS) is 11.0. The van der Waals surface area contributed by atoms with Gasteiger partial charge in [0.05, 0.1) is 5.75 Å². The van der Waals surface area contributed by atoms with E-state index in [1.54, 1.807) is 12.1 Å². The van der Waals surface area contributed by atoms with Crippen LogP contribution in [0.25, 0.3) is 10.9 Å². The summed E-state index contributed by atoms with van der Waals surface area (Å²) in [6.45, 7) is 1.12. The zero-order chi connectivity index (χ0) is 20.9. The number of aromatic nitrogens is 1. The Balaban J connectivity index is 1.43. The molecule has 0 aliphatic rings. The molecule has 1 heterocycles. The van der Waals surface area contributed by atoms with Crippen LogP contribution in [0.3, 0.4) is 0 Å². The van der Waals surface area contributed by atoms with Crippen LogP contribution in [0.4, 0.5) is 4.39 Å². The molecular formula is C24H20ClFN2OS. The number of amides is 1. The molecule has 1 aromatic heterocycles. The fourth-order valence-corrected chi connectivity index (χ4v) is 4.29. The Labute approximate surface area is 183 Å². The number of benzene rings is 3. The van der Waals surface area contributed by atoms with Crippen LogP contribution in [0, 0.1) is 5.82 Å². The van der Waals surface area contributed by atoms with Gasteiger partial charge >= 0.3 is 0 Å². The minimum atomic E-state index is -0.282. The highest BCUT2D eigenvalue weighted by Crippen LogP contribution is 2.30. The highest BCUT2D eigenvalue weighted by Gasteiger charge is 2.11. The van der Waals surface area contributed by atoms with Crippen molar-refractivity contribution in [3.05, 3.63) is 101 Å². The lowest BCUT2D eigenvalue weighted by Crippen LogP contribution is -2.24. The van der Waals surface area contributed by atoms with E-state index >= 15 is 0 Å². The van der Waals surface area contributed by atoms with E-state index in [9.17, 15) is 9.18 Å². The molecule has 30 heavy (non-hydrogen) atoms. The van der Waals surface area contributed by atoms with Crippen LogP contribution in [0.15, 0.2) is 83.9 Å². The first kappa shape index (κ1) is 20.5. The van der Waals surface area contributed by atoms with Crippen molar-refractivity contribution in [1.82, 2.24) is 9.88 Å². The van der Waals surface area contributed by atoms with E-state index in [-0.39, 0.29) is 11.7 Å². The first-order valence-corrected chi connectivity index (χ1v) is 10.9. The molecule has 0 aliphatic heterocycles. The SMILES string of the molecule is O=C(CSc1cn(Cc2ccc(Cl)cc2)c2ccccc12)NCc1ccc(F)cc1. The molecule has 0 aliphatic carbocycles. The Morgan fingerprint density at radius 1 is 0.967 bits per heavy atom. The summed E-state index contributed by atoms with van der Waals surface area (Å²) in [4.78, 5) is 13.4. The van der Waals surface area contributed by atoms with Crippen molar-refractivity contribution < 1.29 is 9.18 Å². The molecule has 0 spiro atoms. The number of rotatable bonds is 7. The fourth-order valence-electron chi connectivity index (χ4n) is 3.24. The van der Waals surface area contributed by atoms with Gasteiger partial charge in [-0.3, -0.25) is 4.79 Å². The summed E-state index contributed by atoms with van der Waals surface area (Å²) in [7, 11) is 0. The van der Waals surface area contributed by atoms with Crippen LogP contribution in [-0.2, 0) is 17.9 Å². The monoisotopic (exact) mass is 438 g/mol. The van der Waals surface area contributed by atoms with Crippen LogP contribution in [0.2, 0.25) is 5.02 Å². The van der Waals surface area contributed by atoms with E-state index in [0.29, 0.717) is 12.3 Å². The van der Waals surface area contributed by atoms with E-state index in [1.807, 2.05) is 36.4 Å². The summed E-state index contributed by atoms with van der Waals surface area (Å²) >= 11 is 7.51. The van der Waals surface area contributed by atoms with E-state index in [2.05, 4.69) is 28.2 Å². The average molecular weight is 439 g/mol. The number of hydrogen-bond acceptors (Lipinski definition) is 2. The lowest BCUT2D eigenvalue weighted by molar-refractivity contribution is -0.118. The number of carbonyl (C=O) groups excluding carboxylic acids is 1. The van der Waals surface area contributed by atoms with Gasteiger partial charge in [0, 0.05) is 40.1 Å². The Morgan fingerprint density at radius 3 is 2.43 bits per heavy atom. The summed E-state index contributed by atoms with van der Waals surface area (Å²) in [6, 6.07) is 22.2. The van der Waals surface area contributed by atoms with E-state index in [4.69, 9.17) is 11.6 Å². The highest BCUT2D eigenvalue weighted by atomic mass is 35.5. The van der Waals surface area contributed by atoms with Gasteiger partial charge in [-0.15, -0.1) is 11.8 Å². The van der Waals surface area contributed by atoms with Gasteiger partial charge in [0.25, 0.3) is 0 Å². The standard InChI is InChI=1S/C24H20ClFN2OS/c25-19-9-5-18(6-10-19)14-28-15-23(21-3-1-2-4-22(21)28)30-16-24(29)27-13-17-7-11-20(26)12-8-17/h1-12,15H,13-14,16H2,(H,27,29). The maximum atomic E-state index is 13.0. The number of carbonyl (C=O) groups is 1. The van der Waals surface area contributed by atoms with Crippen molar-refractivity contribution in [1.29, 1.82) is 0 Å². The van der Waals surface area contributed by atoms with Crippen molar-refractivity contribution in [3.8, 4) is 0 Å². The van der Waals surface area contributed by atoms with E-state index in [1.165, 1.54) is 23.9 Å². The molecule has 1 amide bonds. The zero-order valence-corrected chi connectivity index (χ0v) is 17.7. The van der Waals surface area contributed by atoms with Gasteiger partial charge in [-0.25, -0.2) is 4.39 Å². The largest absolute Gasteiger partial charge is 0.351 e. The summed E-state index contributed by atoms with van der Waals surface area (Å²) in [6.07, 6.45) is 2.09. The van der Waals surface area contributed by atoms with E-state index < -0.39 is 0 Å². The molecule has 4 rings (SSSR count). The lowest BCUT2D eigenvalue weighted by atomic mass is 10.2. The highest BCUT2D eigenvalue weighted by molar-refractivity contribution is 8.00. The lowest BCUT2D eigenvalue weighted by Gasteiger charge is -2.05. The van der Waals surface area contributed by atoms with Crippen LogP contribution in [0.1, 0.15) is 11.1 Å². The summed E-state index contributed by atoms with van der Waals surface area (Å²) in [5, 5.41) is 4.74. The van der Waals surface area contributed by atoms with Gasteiger partial charge in [0.1, 0.15) is 5.82 Å². The minimum absolute atomic E-state index is 0.0566. The van der Waals surface area contributed by atoms with Crippen molar-refractivity contribution in [2.45, 2.75) is 18.0 Å². The smallest absolute Gasteiger partial charge is 0.230 e. The van der Waals surface area contributed by atoms with Gasteiger partial charge in [0.2, 0.25) is 5.91 Å². The van der Waals surface area contributed by atoms with Crippen molar-refractivity contribution in [2.75, 3.05) is 5.75 Å². The van der Waals surface area contributed by atoms with Crippen LogP contribution in [0.5, 0.6) is 0 Å². The number of nitrogens with one attached hydrogen (secondary N) is 1. The molecule has 0 fully saturated rings. The number of halogens is 2. The van der Waals surface area contributed by atoms with Crippen LogP contribution < -0.4 is 5.32 Å². The second kappa shape index (κ2) is 9.37. The summed E-state index contributed by atoms with van der Waals surface area (Å²) in [5.74, 6) is -0.0228. The van der Waals surface area contributed by atoms with Crippen molar-refractivity contribution >= 4 is 40.2 Å². The maximum absolute atomic E-state index is 13.0. The number of nitrogens with zero attached hydrogens (tertiary/aromatic N) is 1. The van der Waals surface area contributed by atoms with Gasteiger partial charge in [0.15, 0.2) is 0 Å². The predicted molar refractivity (Wildman–Crippen MR) is 121 cm³/mol. The maximum Gasteiger partial charge on any atom is 0.230 e. The molecule has 1 N–H and O–H groups in total. The second-order valence-electron chi connectivity index (χ2n) is 6.96. The third-order valence-corrected chi connectivity index (χ3v) is 6.07. The number of para-hydroxylation sites is 1. The van der Waals surface area contributed by atoms with Crippen molar-refractivity contribution in [2.24, 2.45) is 0 Å². The fraction of sp³-hybridized carbons (Fsp3) is 0.125. The van der Waals surface area contributed by atoms with Crippen LogP contribution >= 0.6 is 23.4 Å². The number of thioether (sulfide) groups is 1. The third-order valence-electron chi connectivity index (χ3n) is 4.78. The van der Waals surface area contributed by atoms with Crippen LogP contribution in [-0.4, -0.2) is 16.2 Å². The van der Waals surface area contributed by atoms with Gasteiger partial charge in [-0.2, -0.15) is 0 Å². The first-order chi connectivity index (χ1) is 14.6. The molecule has 0 saturated carbocycles. The third kappa shape index (κ3) is 5.04. The molecule has 152 valence electrons. The minimum Gasteiger partial charge on any atom is -0.351 e. The number of fused-ring (bicyclic) bond motifs is 1. The zero-order valence-electron chi connectivity index (χ0n) is 16.1. The molecule has 0 radical (unpaired) electrons. The molecule has 0 unspecified atom stereocenters. The molecule has 0 atom stereocenters. The molecule has 3 nitrogen and oxygen atoms in total. The van der Waals surface area contributed by atoms with Gasteiger partial charge in [-0.05, 0) is 41.5 Å². The van der Waals surface area contributed by atoms with Gasteiger partial charge in [-0.1, -0.05) is 54.1 Å². The molecule has 0 bridgehead atoms. The molecule has 3 aromatic carbocycles. The predicted octanol–water partition coefficient (Wildman–Crippen LogP) is 5.89. The summed E-state index contributed by atoms with van der Waals surface area (Å²) < 4.78 is 15.2. The topological polar surface area (TPSA) is 34.0 Å². The Morgan fingerprint density at radius 2 is 1.67 bits per heavy atom. The Hall–Kier alpha value is -2.76. The Bertz CT molecular complexity index is 1160. The molecule has 6 heteroatoms. The Kier molecular flexibility index (Phi) is 6.41. The van der Waals surface area contributed by atoms with E-state index in [0.717, 1.165) is 38.5 Å². The summed E-state index contributed by atoms with van der Waals surface area (Å²) in [5.41, 5.74) is 3.16. The number of hydrogen-bond donors (Lipinski definition) is 1. The second-order valence-corrected chi connectivity index (χ2v) is 8.41. The van der Waals surface area contributed by atoms with Crippen molar-refractivity contribution in [3.63, 3.8) is 0 Å². The molecular weight excluding hydrogens is 419 g/mol. The molecule has 4 aromatic rings. The van der Waals surface area contributed by atoms with Gasteiger partial charge < -0.3 is 9.88 Å². The quantitative estimate of drug-likeness (QED) is 0.365.